The summed E-state index contributed by atoms with van der Waals surface area (Å²) < 4.78 is 16.7. The lowest BCUT2D eigenvalue weighted by molar-refractivity contribution is -0.136. The molecule has 12 heteroatoms. The lowest BCUT2D eigenvalue weighted by atomic mass is 9.77. The van der Waals surface area contributed by atoms with E-state index in [2.05, 4.69) is 16.4 Å². The predicted molar refractivity (Wildman–Crippen MR) is 182 cm³/mol. The van der Waals surface area contributed by atoms with Crippen LogP contribution in [0.5, 0.6) is 17.2 Å². The number of hydrogen-bond donors (Lipinski definition) is 0. The molecule has 3 amide bonds. The van der Waals surface area contributed by atoms with Crippen LogP contribution in [0.3, 0.4) is 0 Å². The normalized spacial score (nSPS) is 23.5. The SMILES string of the molecule is CCOc1ccc(/C=C2\CCC[C@@H]3C2=NN(C(=O)CN2N=N[C@@H]4C(=O)N(c5ccccc5OC)C(=O)[C@H]42)[C@H]3c2ccc(OCC)cc2)cc1. The number of carbonyl (C=O) groups is 3. The fourth-order valence-corrected chi connectivity index (χ4v) is 7.11. The van der Waals surface area contributed by atoms with E-state index in [0.29, 0.717) is 24.7 Å². The van der Waals surface area contributed by atoms with Gasteiger partial charge in [-0.25, -0.2) is 9.91 Å². The van der Waals surface area contributed by atoms with Gasteiger partial charge in [-0.15, -0.1) is 0 Å². The summed E-state index contributed by atoms with van der Waals surface area (Å²) in [6.07, 6.45) is 4.77. The second-order valence-corrected chi connectivity index (χ2v) is 12.2. The second-order valence-electron chi connectivity index (χ2n) is 12.2. The van der Waals surface area contributed by atoms with Crippen LogP contribution in [-0.2, 0) is 14.4 Å². The zero-order chi connectivity index (χ0) is 34.1. The second kappa shape index (κ2) is 13.5. The van der Waals surface area contributed by atoms with Crippen LogP contribution in [0.4, 0.5) is 5.69 Å². The van der Waals surface area contributed by atoms with Crippen molar-refractivity contribution in [3.63, 3.8) is 0 Å². The van der Waals surface area contributed by atoms with Crippen LogP contribution in [0.15, 0.2) is 93.8 Å². The fraction of sp³-hybridized carbons (Fsp3) is 0.351. The van der Waals surface area contributed by atoms with E-state index < -0.39 is 23.9 Å². The van der Waals surface area contributed by atoms with Crippen molar-refractivity contribution in [1.82, 2.24) is 10.0 Å². The molecule has 12 nitrogen and oxygen atoms in total. The molecule has 0 aromatic heterocycles. The largest absolute Gasteiger partial charge is 0.495 e. The molecule has 2 fully saturated rings. The molecule has 0 spiro atoms. The average Bonchev–Trinajstić information content (AvgIpc) is 3.79. The molecule has 0 radical (unpaired) electrons. The molecule has 0 bridgehead atoms. The van der Waals surface area contributed by atoms with Crippen LogP contribution < -0.4 is 19.1 Å². The Morgan fingerprint density at radius 2 is 1.59 bits per heavy atom. The zero-order valence-electron chi connectivity index (χ0n) is 27.7. The van der Waals surface area contributed by atoms with Gasteiger partial charge >= 0.3 is 0 Å². The van der Waals surface area contributed by atoms with Crippen molar-refractivity contribution in [2.24, 2.45) is 21.4 Å². The maximum absolute atomic E-state index is 14.3. The van der Waals surface area contributed by atoms with Crippen LogP contribution >= 0.6 is 0 Å². The Hall–Kier alpha value is -5.52. The predicted octanol–water partition coefficient (Wildman–Crippen LogP) is 5.61. The van der Waals surface area contributed by atoms with Crippen molar-refractivity contribution < 1.29 is 28.6 Å². The van der Waals surface area contributed by atoms with Crippen molar-refractivity contribution in [3.05, 3.63) is 89.5 Å². The Kier molecular flexibility index (Phi) is 8.85. The van der Waals surface area contributed by atoms with Gasteiger partial charge in [0.25, 0.3) is 17.7 Å². The summed E-state index contributed by atoms with van der Waals surface area (Å²) in [5.41, 5.74) is 4.24. The summed E-state index contributed by atoms with van der Waals surface area (Å²) >= 11 is 0. The van der Waals surface area contributed by atoms with Gasteiger partial charge in [0.05, 0.1) is 37.8 Å². The van der Waals surface area contributed by atoms with Gasteiger partial charge < -0.3 is 14.2 Å². The number of anilines is 1. The topological polar surface area (TPSA) is 126 Å². The molecule has 3 aliphatic heterocycles. The van der Waals surface area contributed by atoms with E-state index in [1.165, 1.54) is 17.1 Å². The first-order valence-electron chi connectivity index (χ1n) is 16.7. The number of rotatable bonds is 10. The minimum atomic E-state index is -1.05. The highest BCUT2D eigenvalue weighted by atomic mass is 16.5. The van der Waals surface area contributed by atoms with Crippen molar-refractivity contribution in [2.45, 2.75) is 51.2 Å². The molecule has 252 valence electrons. The average molecular weight is 663 g/mol. The van der Waals surface area contributed by atoms with Gasteiger partial charge in [-0.2, -0.15) is 10.2 Å². The van der Waals surface area contributed by atoms with E-state index in [1.807, 2.05) is 62.4 Å². The van der Waals surface area contributed by atoms with E-state index in [1.54, 1.807) is 24.3 Å². The Morgan fingerprint density at radius 3 is 2.29 bits per heavy atom. The molecule has 1 aliphatic carbocycles. The smallest absolute Gasteiger partial charge is 0.264 e. The monoisotopic (exact) mass is 662 g/mol. The molecule has 49 heavy (non-hydrogen) atoms. The van der Waals surface area contributed by atoms with Gasteiger partial charge in [0, 0.05) is 5.92 Å². The lowest BCUT2D eigenvalue weighted by Gasteiger charge is -2.30. The summed E-state index contributed by atoms with van der Waals surface area (Å²) in [4.78, 5) is 42.5. The number of imide groups is 1. The first-order chi connectivity index (χ1) is 23.9. The quantitative estimate of drug-likeness (QED) is 0.259. The molecule has 7 rings (SSSR count). The maximum atomic E-state index is 14.3. The zero-order valence-corrected chi connectivity index (χ0v) is 27.7. The number of fused-ring (bicyclic) bond motifs is 2. The molecule has 0 unspecified atom stereocenters. The molecule has 1 saturated carbocycles. The van der Waals surface area contributed by atoms with Gasteiger partial charge in [0.2, 0.25) is 0 Å². The number of hydrogen-bond acceptors (Lipinski definition) is 10. The number of methoxy groups -OCH3 is 1. The summed E-state index contributed by atoms with van der Waals surface area (Å²) in [6, 6.07) is 20.1. The summed E-state index contributed by atoms with van der Waals surface area (Å²) in [6.45, 7) is 4.76. The van der Waals surface area contributed by atoms with Gasteiger partial charge in [0.1, 0.15) is 23.8 Å². The highest BCUT2D eigenvalue weighted by molar-refractivity contribution is 6.26. The number of allylic oxidation sites excluding steroid dienone is 1. The lowest BCUT2D eigenvalue weighted by Crippen LogP contribution is -2.45. The third-order valence-corrected chi connectivity index (χ3v) is 9.30. The molecular formula is C37H38N6O6. The van der Waals surface area contributed by atoms with Crippen molar-refractivity contribution in [3.8, 4) is 17.2 Å². The summed E-state index contributed by atoms with van der Waals surface area (Å²) in [5, 5.41) is 16.1. The Morgan fingerprint density at radius 1 is 0.898 bits per heavy atom. The van der Waals surface area contributed by atoms with Crippen LogP contribution in [0.25, 0.3) is 6.08 Å². The van der Waals surface area contributed by atoms with Crippen LogP contribution in [0.1, 0.15) is 50.3 Å². The fourth-order valence-electron chi connectivity index (χ4n) is 7.11. The summed E-state index contributed by atoms with van der Waals surface area (Å²) in [7, 11) is 1.48. The van der Waals surface area contributed by atoms with E-state index in [9.17, 15) is 14.4 Å². The molecule has 4 aliphatic rings. The third-order valence-electron chi connectivity index (χ3n) is 9.30. The molecular weight excluding hydrogens is 624 g/mol. The standard InChI is InChI=1S/C37H38N6O6/c1-4-48-26-17-13-23(14-18-26)21-25-9-8-10-28-32(25)39-43(34(28)24-15-19-27(20-16-24)49-5-2)31(44)22-41-35-33(38-40-41)36(45)42(37(35)46)29-11-6-7-12-30(29)47-3/h6-7,11-21,28,33-35H,4-5,8-10,22H2,1-3H3/b25-21+/t28-,33+,34+,35+/m1/s1. The Balaban J connectivity index is 1.18. The van der Waals surface area contributed by atoms with E-state index in [4.69, 9.17) is 19.3 Å². The number of hydrazone groups is 1. The van der Waals surface area contributed by atoms with Crippen molar-refractivity contribution in [1.29, 1.82) is 0 Å². The molecule has 1 saturated heterocycles. The molecule has 3 heterocycles. The first-order valence-corrected chi connectivity index (χ1v) is 16.7. The number of benzene rings is 3. The first kappa shape index (κ1) is 32.0. The number of carbonyl (C=O) groups excluding carboxylic acids is 3. The number of para-hydroxylation sites is 2. The minimum absolute atomic E-state index is 0.0340. The van der Waals surface area contributed by atoms with Gasteiger partial charge in [-0.05, 0) is 92.3 Å². The van der Waals surface area contributed by atoms with E-state index in [0.717, 1.165) is 58.1 Å². The Labute approximate surface area is 284 Å². The maximum Gasteiger partial charge on any atom is 0.264 e. The van der Waals surface area contributed by atoms with Crippen LogP contribution in [-0.4, -0.2) is 72.4 Å². The number of amides is 3. The molecule has 3 aromatic carbocycles. The van der Waals surface area contributed by atoms with Crippen LogP contribution in [0.2, 0.25) is 0 Å². The van der Waals surface area contributed by atoms with Gasteiger partial charge in [-0.1, -0.05) is 41.6 Å². The van der Waals surface area contributed by atoms with Crippen LogP contribution in [0, 0.1) is 5.92 Å². The highest BCUT2D eigenvalue weighted by Crippen LogP contribution is 2.45. The summed E-state index contributed by atoms with van der Waals surface area (Å²) in [5.74, 6) is 0.530. The minimum Gasteiger partial charge on any atom is -0.495 e. The number of ether oxygens (including phenoxy) is 3. The molecule has 3 aromatic rings. The van der Waals surface area contributed by atoms with E-state index >= 15 is 0 Å². The van der Waals surface area contributed by atoms with Gasteiger partial charge in [0.15, 0.2) is 12.1 Å². The third kappa shape index (κ3) is 5.92. The molecule has 0 N–H and O–H groups in total. The molecule has 4 atom stereocenters. The highest BCUT2D eigenvalue weighted by Gasteiger charge is 2.56. The van der Waals surface area contributed by atoms with Crippen molar-refractivity contribution in [2.75, 3.05) is 31.8 Å². The Bertz CT molecular complexity index is 1840. The number of nitrogens with zero attached hydrogens (tertiary/aromatic N) is 6. The van der Waals surface area contributed by atoms with Crippen molar-refractivity contribution >= 4 is 35.2 Å². The van der Waals surface area contributed by atoms with E-state index in [-0.39, 0.29) is 24.4 Å². The van der Waals surface area contributed by atoms with Gasteiger partial charge in [-0.3, -0.25) is 19.4 Å².